The first kappa shape index (κ1) is 22.6. The monoisotopic (exact) mass is 462 g/mol. The second-order valence-electron chi connectivity index (χ2n) is 7.79. The lowest BCUT2D eigenvalue weighted by Gasteiger charge is -2.27. The molecule has 1 unspecified atom stereocenters. The summed E-state index contributed by atoms with van der Waals surface area (Å²) < 4.78 is 5.58. The highest BCUT2D eigenvalue weighted by molar-refractivity contribution is 6.52. The number of aryl methyl sites for hydroxylation is 2. The Balaban J connectivity index is 1.93. The minimum atomic E-state index is -0.836. The molecule has 1 aliphatic heterocycles. The third-order valence-corrected chi connectivity index (χ3v) is 5.88. The van der Waals surface area contributed by atoms with E-state index in [0.717, 1.165) is 11.1 Å². The van der Waals surface area contributed by atoms with Crippen LogP contribution in [0.5, 0.6) is 5.75 Å². The van der Waals surface area contributed by atoms with Crippen LogP contribution in [0.25, 0.3) is 5.76 Å². The van der Waals surface area contributed by atoms with Crippen LogP contribution >= 0.6 is 11.6 Å². The van der Waals surface area contributed by atoms with Crippen molar-refractivity contribution in [2.24, 2.45) is 0 Å². The molecular formula is C26H23ClN2O4. The van der Waals surface area contributed by atoms with Gasteiger partial charge in [-0.25, -0.2) is 0 Å². The standard InChI is InChI=1S/C26H23ClN2O4/c1-4-33-21-8-6-18(13-16(21)3)24(30)22-23(17-9-11-28-12-10-17)29(26(32)25(22)31)20-14-19(27)7-5-15(20)2/h5-14,23,30H,4H2,1-3H3/b24-22+. The zero-order chi connectivity index (χ0) is 23.7. The van der Waals surface area contributed by atoms with Crippen molar-refractivity contribution in [1.82, 2.24) is 4.98 Å². The van der Waals surface area contributed by atoms with Gasteiger partial charge in [0.05, 0.1) is 18.2 Å². The molecule has 1 aromatic heterocycles. The van der Waals surface area contributed by atoms with Crippen molar-refractivity contribution in [1.29, 1.82) is 0 Å². The lowest BCUT2D eigenvalue weighted by molar-refractivity contribution is -0.132. The van der Waals surface area contributed by atoms with Crippen molar-refractivity contribution in [3.05, 3.63) is 93.8 Å². The molecule has 1 atom stereocenters. The molecule has 0 bridgehead atoms. The van der Waals surface area contributed by atoms with Crippen LogP contribution in [0.1, 0.15) is 35.2 Å². The number of carbonyl (C=O) groups is 2. The third kappa shape index (κ3) is 4.10. The smallest absolute Gasteiger partial charge is 0.300 e. The van der Waals surface area contributed by atoms with Gasteiger partial charge in [0.25, 0.3) is 11.7 Å². The lowest BCUT2D eigenvalue weighted by atomic mass is 9.95. The van der Waals surface area contributed by atoms with Gasteiger partial charge in [0, 0.05) is 28.7 Å². The number of anilines is 1. The van der Waals surface area contributed by atoms with Crippen LogP contribution in [0.2, 0.25) is 5.02 Å². The highest BCUT2D eigenvalue weighted by Gasteiger charge is 2.47. The van der Waals surface area contributed by atoms with Crippen LogP contribution in [0, 0.1) is 13.8 Å². The minimum absolute atomic E-state index is 0.00846. The SMILES string of the molecule is CCOc1ccc(/C(O)=C2\C(=O)C(=O)N(c3cc(Cl)ccc3C)C2c2ccncc2)cc1C. The van der Waals surface area contributed by atoms with Gasteiger partial charge in [-0.15, -0.1) is 0 Å². The number of carbonyl (C=O) groups excluding carboxylic acids is 2. The first-order chi connectivity index (χ1) is 15.8. The molecule has 1 N–H and O–H groups in total. The molecule has 1 amide bonds. The second kappa shape index (κ2) is 9.08. The number of ether oxygens (including phenoxy) is 1. The van der Waals surface area contributed by atoms with Crippen LogP contribution < -0.4 is 9.64 Å². The average molecular weight is 463 g/mol. The molecule has 6 nitrogen and oxygen atoms in total. The fraction of sp³-hybridized carbons (Fsp3) is 0.192. The molecule has 0 saturated carbocycles. The predicted octanol–water partition coefficient (Wildman–Crippen LogP) is 5.38. The van der Waals surface area contributed by atoms with E-state index in [1.807, 2.05) is 20.8 Å². The number of amides is 1. The van der Waals surface area contributed by atoms with E-state index in [0.29, 0.717) is 34.2 Å². The molecule has 0 aliphatic carbocycles. The van der Waals surface area contributed by atoms with Gasteiger partial charge in [-0.1, -0.05) is 17.7 Å². The number of hydrogen-bond acceptors (Lipinski definition) is 5. The molecule has 0 spiro atoms. The molecule has 168 valence electrons. The van der Waals surface area contributed by atoms with Gasteiger partial charge >= 0.3 is 0 Å². The Labute approximate surface area is 197 Å². The van der Waals surface area contributed by atoms with Crippen LogP contribution in [0.15, 0.2) is 66.5 Å². The molecule has 1 fully saturated rings. The summed E-state index contributed by atoms with van der Waals surface area (Å²) in [4.78, 5) is 32.0. The first-order valence-electron chi connectivity index (χ1n) is 10.5. The van der Waals surface area contributed by atoms with Crippen molar-refractivity contribution >= 4 is 34.7 Å². The Morgan fingerprint density at radius 2 is 1.79 bits per heavy atom. The fourth-order valence-electron chi connectivity index (χ4n) is 4.05. The van der Waals surface area contributed by atoms with E-state index in [4.69, 9.17) is 16.3 Å². The van der Waals surface area contributed by atoms with Gasteiger partial charge in [0.15, 0.2) is 0 Å². The van der Waals surface area contributed by atoms with E-state index in [2.05, 4.69) is 4.98 Å². The van der Waals surface area contributed by atoms with Gasteiger partial charge in [0.2, 0.25) is 0 Å². The third-order valence-electron chi connectivity index (χ3n) is 5.65. The van der Waals surface area contributed by atoms with Crippen LogP contribution in [-0.2, 0) is 9.59 Å². The van der Waals surface area contributed by atoms with E-state index < -0.39 is 17.7 Å². The predicted molar refractivity (Wildman–Crippen MR) is 128 cm³/mol. The molecular weight excluding hydrogens is 440 g/mol. The van der Waals surface area contributed by atoms with Gasteiger partial charge < -0.3 is 9.84 Å². The number of nitrogens with zero attached hydrogens (tertiary/aromatic N) is 2. The van der Waals surface area contributed by atoms with Gasteiger partial charge in [-0.2, -0.15) is 0 Å². The van der Waals surface area contributed by atoms with Crippen molar-refractivity contribution in [2.45, 2.75) is 26.8 Å². The number of pyridine rings is 1. The summed E-state index contributed by atoms with van der Waals surface area (Å²) in [6, 6.07) is 12.9. The maximum Gasteiger partial charge on any atom is 0.300 e. The molecule has 3 aromatic rings. The van der Waals surface area contributed by atoms with E-state index >= 15 is 0 Å². The topological polar surface area (TPSA) is 79.7 Å². The maximum absolute atomic E-state index is 13.3. The normalized spacial score (nSPS) is 17.5. The van der Waals surface area contributed by atoms with Gasteiger partial charge in [0.1, 0.15) is 11.5 Å². The van der Waals surface area contributed by atoms with E-state index in [1.54, 1.807) is 60.9 Å². The highest BCUT2D eigenvalue weighted by Crippen LogP contribution is 2.43. The zero-order valence-corrected chi connectivity index (χ0v) is 19.3. The summed E-state index contributed by atoms with van der Waals surface area (Å²) in [5.41, 5.74) is 3.17. The summed E-state index contributed by atoms with van der Waals surface area (Å²) in [5, 5.41) is 11.7. The lowest BCUT2D eigenvalue weighted by Crippen LogP contribution is -2.30. The molecule has 7 heteroatoms. The quantitative estimate of drug-likeness (QED) is 0.313. The summed E-state index contributed by atoms with van der Waals surface area (Å²) >= 11 is 6.22. The number of rotatable bonds is 5. The van der Waals surface area contributed by atoms with Crippen molar-refractivity contribution in [3.8, 4) is 5.75 Å². The number of halogens is 1. The summed E-state index contributed by atoms with van der Waals surface area (Å²) in [6.07, 6.45) is 3.17. The van der Waals surface area contributed by atoms with Gasteiger partial charge in [-0.05, 0) is 79.9 Å². The molecule has 2 aromatic carbocycles. The van der Waals surface area contributed by atoms with E-state index in [1.165, 1.54) is 4.90 Å². The van der Waals surface area contributed by atoms with Crippen LogP contribution in [0.3, 0.4) is 0 Å². The number of aliphatic hydroxyl groups is 1. The Morgan fingerprint density at radius 1 is 1.06 bits per heavy atom. The summed E-state index contributed by atoms with van der Waals surface area (Å²) in [5.74, 6) is -1.05. The number of benzene rings is 2. The maximum atomic E-state index is 13.3. The minimum Gasteiger partial charge on any atom is -0.507 e. The fourth-order valence-corrected chi connectivity index (χ4v) is 4.22. The Morgan fingerprint density at radius 3 is 2.45 bits per heavy atom. The number of ketones is 1. The molecule has 1 aliphatic rings. The van der Waals surface area contributed by atoms with Crippen molar-refractivity contribution in [2.75, 3.05) is 11.5 Å². The summed E-state index contributed by atoms with van der Waals surface area (Å²) in [6.45, 7) is 6.10. The molecule has 4 rings (SSSR count). The number of aliphatic hydroxyl groups excluding tert-OH is 1. The van der Waals surface area contributed by atoms with E-state index in [9.17, 15) is 14.7 Å². The van der Waals surface area contributed by atoms with Crippen molar-refractivity contribution < 1.29 is 19.4 Å². The average Bonchev–Trinajstić information content (AvgIpc) is 3.07. The Kier molecular flexibility index (Phi) is 6.20. The molecule has 2 heterocycles. The number of aromatic nitrogens is 1. The van der Waals surface area contributed by atoms with Crippen LogP contribution in [-0.4, -0.2) is 28.4 Å². The highest BCUT2D eigenvalue weighted by atomic mass is 35.5. The summed E-state index contributed by atoms with van der Waals surface area (Å²) in [7, 11) is 0. The Bertz CT molecular complexity index is 1270. The van der Waals surface area contributed by atoms with Gasteiger partial charge in [-0.3, -0.25) is 19.5 Å². The van der Waals surface area contributed by atoms with Crippen LogP contribution in [0.4, 0.5) is 5.69 Å². The largest absolute Gasteiger partial charge is 0.507 e. The molecule has 1 saturated heterocycles. The van der Waals surface area contributed by atoms with E-state index in [-0.39, 0.29) is 11.3 Å². The number of hydrogen-bond donors (Lipinski definition) is 1. The van der Waals surface area contributed by atoms with Crippen molar-refractivity contribution in [3.63, 3.8) is 0 Å². The Hall–Kier alpha value is -3.64. The molecule has 0 radical (unpaired) electrons. The second-order valence-corrected chi connectivity index (χ2v) is 8.23. The molecule has 33 heavy (non-hydrogen) atoms. The first-order valence-corrected chi connectivity index (χ1v) is 10.9. The number of Topliss-reactive ketones (excluding diaryl/α,β-unsaturated/α-hetero) is 1. The zero-order valence-electron chi connectivity index (χ0n) is 18.5.